The second kappa shape index (κ2) is 6.80. The highest BCUT2D eigenvalue weighted by molar-refractivity contribution is 9.10. The number of benzene rings is 1. The second-order valence-electron chi connectivity index (χ2n) is 3.99. The van der Waals surface area contributed by atoms with Crippen LogP contribution in [0.5, 0.6) is 0 Å². The fraction of sp³-hybridized carbons (Fsp3) is 0.417. The molecule has 100 valence electrons. The highest BCUT2D eigenvalue weighted by Gasteiger charge is 2.16. The fourth-order valence-corrected chi connectivity index (χ4v) is 1.96. The number of hydrogen-bond acceptors (Lipinski definition) is 2. The number of nitrogens with one attached hydrogen (secondary N) is 1. The molecule has 1 amide bonds. The van der Waals surface area contributed by atoms with Gasteiger partial charge in [0.2, 0.25) is 0 Å². The summed E-state index contributed by atoms with van der Waals surface area (Å²) in [5.74, 6) is -2.55. The van der Waals surface area contributed by atoms with Crippen LogP contribution in [0.15, 0.2) is 16.6 Å². The maximum atomic E-state index is 13.1. The Morgan fingerprint density at radius 3 is 2.67 bits per heavy atom. The number of halogens is 3. The van der Waals surface area contributed by atoms with Crippen LogP contribution in [0.25, 0.3) is 0 Å². The zero-order valence-corrected chi connectivity index (χ0v) is 11.4. The molecule has 1 unspecified atom stereocenters. The van der Waals surface area contributed by atoms with Crippen molar-refractivity contribution in [1.29, 1.82) is 0 Å². The first-order chi connectivity index (χ1) is 8.45. The van der Waals surface area contributed by atoms with E-state index in [1.165, 1.54) is 0 Å². The Balaban J connectivity index is 2.75. The molecule has 18 heavy (non-hydrogen) atoms. The minimum absolute atomic E-state index is 0.0461. The van der Waals surface area contributed by atoms with Crippen LogP contribution in [0.4, 0.5) is 8.78 Å². The van der Waals surface area contributed by atoms with Crippen LogP contribution in [-0.2, 0) is 0 Å². The van der Waals surface area contributed by atoms with Crippen molar-refractivity contribution in [1.82, 2.24) is 5.32 Å². The molecular formula is C12H14BrF2NO2. The molecule has 0 fully saturated rings. The largest absolute Gasteiger partial charge is 0.396 e. The van der Waals surface area contributed by atoms with Crippen LogP contribution in [-0.4, -0.2) is 23.7 Å². The van der Waals surface area contributed by atoms with Gasteiger partial charge in [-0.3, -0.25) is 4.79 Å². The molecule has 1 aromatic rings. The van der Waals surface area contributed by atoms with Crippen LogP contribution in [0.2, 0.25) is 0 Å². The summed E-state index contributed by atoms with van der Waals surface area (Å²) in [6.45, 7) is 1.83. The van der Waals surface area contributed by atoms with E-state index >= 15 is 0 Å². The minimum atomic E-state index is -1.06. The van der Waals surface area contributed by atoms with Gasteiger partial charge in [-0.25, -0.2) is 8.78 Å². The molecule has 1 atom stereocenters. The van der Waals surface area contributed by atoms with E-state index in [1.54, 1.807) is 6.92 Å². The number of aliphatic hydroxyl groups excluding tert-OH is 1. The zero-order chi connectivity index (χ0) is 13.7. The Bertz CT molecular complexity index is 440. The standard InChI is InChI=1S/C12H14BrF2NO2/c1-7(3-2-4-17)16-12(18)8-5-10(14)11(15)6-9(8)13/h5-7,17H,2-4H2,1H3,(H,16,18). The normalized spacial score (nSPS) is 12.3. The first kappa shape index (κ1) is 15.0. The molecule has 1 aromatic carbocycles. The van der Waals surface area contributed by atoms with Gasteiger partial charge in [-0.05, 0) is 47.8 Å². The lowest BCUT2D eigenvalue weighted by Crippen LogP contribution is -2.33. The quantitative estimate of drug-likeness (QED) is 0.819. The van der Waals surface area contributed by atoms with E-state index in [4.69, 9.17) is 5.11 Å². The van der Waals surface area contributed by atoms with Gasteiger partial charge in [0.1, 0.15) is 0 Å². The molecule has 0 aliphatic carbocycles. The number of carbonyl (C=O) groups excluding carboxylic acids is 1. The lowest BCUT2D eigenvalue weighted by molar-refractivity contribution is 0.0935. The van der Waals surface area contributed by atoms with Gasteiger partial charge in [-0.1, -0.05) is 0 Å². The Labute approximate surface area is 112 Å². The van der Waals surface area contributed by atoms with Gasteiger partial charge in [0.15, 0.2) is 11.6 Å². The van der Waals surface area contributed by atoms with E-state index in [0.717, 1.165) is 12.1 Å². The average Bonchev–Trinajstić information content (AvgIpc) is 2.31. The Kier molecular flexibility index (Phi) is 5.68. The molecule has 0 aromatic heterocycles. The zero-order valence-electron chi connectivity index (χ0n) is 9.84. The van der Waals surface area contributed by atoms with Crippen molar-refractivity contribution in [3.8, 4) is 0 Å². The van der Waals surface area contributed by atoms with E-state index in [2.05, 4.69) is 21.2 Å². The van der Waals surface area contributed by atoms with E-state index in [1.807, 2.05) is 0 Å². The molecule has 6 heteroatoms. The van der Waals surface area contributed by atoms with Gasteiger partial charge in [0.25, 0.3) is 5.91 Å². The Morgan fingerprint density at radius 2 is 2.06 bits per heavy atom. The van der Waals surface area contributed by atoms with E-state index in [-0.39, 0.29) is 22.7 Å². The first-order valence-corrected chi connectivity index (χ1v) is 6.31. The van der Waals surface area contributed by atoms with Gasteiger partial charge < -0.3 is 10.4 Å². The summed E-state index contributed by atoms with van der Waals surface area (Å²) in [5.41, 5.74) is 0.0461. The monoisotopic (exact) mass is 321 g/mol. The lowest BCUT2D eigenvalue weighted by Gasteiger charge is -2.14. The van der Waals surface area contributed by atoms with E-state index in [0.29, 0.717) is 12.8 Å². The summed E-state index contributed by atoms with van der Waals surface area (Å²) < 4.78 is 26.1. The maximum Gasteiger partial charge on any atom is 0.252 e. The van der Waals surface area contributed by atoms with Crippen LogP contribution in [0.1, 0.15) is 30.1 Å². The third-order valence-electron chi connectivity index (χ3n) is 2.43. The van der Waals surface area contributed by atoms with Crippen molar-refractivity contribution in [3.63, 3.8) is 0 Å². The summed E-state index contributed by atoms with van der Waals surface area (Å²) >= 11 is 3.02. The highest BCUT2D eigenvalue weighted by atomic mass is 79.9. The number of aliphatic hydroxyl groups is 1. The Hall–Kier alpha value is -1.01. The van der Waals surface area contributed by atoms with E-state index < -0.39 is 17.5 Å². The van der Waals surface area contributed by atoms with Gasteiger partial charge in [0, 0.05) is 17.1 Å². The third kappa shape index (κ3) is 4.03. The SMILES string of the molecule is CC(CCCO)NC(=O)c1cc(F)c(F)cc1Br. The van der Waals surface area contributed by atoms with Crippen LogP contribution in [0, 0.1) is 11.6 Å². The van der Waals surface area contributed by atoms with Crippen molar-refractivity contribution < 1.29 is 18.7 Å². The number of carbonyl (C=O) groups is 1. The van der Waals surface area contributed by atoms with Gasteiger partial charge >= 0.3 is 0 Å². The van der Waals surface area contributed by atoms with E-state index in [9.17, 15) is 13.6 Å². The van der Waals surface area contributed by atoms with Gasteiger partial charge in [-0.15, -0.1) is 0 Å². The van der Waals surface area contributed by atoms with Crippen LogP contribution in [0.3, 0.4) is 0 Å². The molecule has 0 heterocycles. The third-order valence-corrected chi connectivity index (χ3v) is 3.08. The molecular weight excluding hydrogens is 308 g/mol. The summed E-state index contributed by atoms with van der Waals surface area (Å²) in [6, 6.07) is 1.63. The minimum Gasteiger partial charge on any atom is -0.396 e. The topological polar surface area (TPSA) is 49.3 Å². The van der Waals surface area contributed by atoms with Crippen molar-refractivity contribution in [2.24, 2.45) is 0 Å². The predicted octanol–water partition coefficient (Wildman–Crippen LogP) is 2.62. The van der Waals surface area contributed by atoms with Crippen molar-refractivity contribution in [3.05, 3.63) is 33.8 Å². The number of rotatable bonds is 5. The number of amides is 1. The molecule has 0 spiro atoms. The lowest BCUT2D eigenvalue weighted by atomic mass is 10.1. The van der Waals surface area contributed by atoms with Gasteiger partial charge in [-0.2, -0.15) is 0 Å². The Morgan fingerprint density at radius 1 is 1.44 bits per heavy atom. The van der Waals surface area contributed by atoms with Crippen molar-refractivity contribution in [2.45, 2.75) is 25.8 Å². The number of hydrogen-bond donors (Lipinski definition) is 2. The highest BCUT2D eigenvalue weighted by Crippen LogP contribution is 2.20. The van der Waals surface area contributed by atoms with Crippen molar-refractivity contribution >= 4 is 21.8 Å². The van der Waals surface area contributed by atoms with Crippen LogP contribution >= 0.6 is 15.9 Å². The fourth-order valence-electron chi connectivity index (χ4n) is 1.47. The maximum absolute atomic E-state index is 13.1. The smallest absolute Gasteiger partial charge is 0.252 e. The average molecular weight is 322 g/mol. The molecule has 0 radical (unpaired) electrons. The van der Waals surface area contributed by atoms with Crippen molar-refractivity contribution in [2.75, 3.05) is 6.61 Å². The summed E-state index contributed by atoms with van der Waals surface area (Å²) in [5, 5.41) is 11.3. The molecule has 0 aliphatic heterocycles. The summed E-state index contributed by atoms with van der Waals surface area (Å²) in [6.07, 6.45) is 1.18. The molecule has 0 saturated heterocycles. The molecule has 3 nitrogen and oxygen atoms in total. The molecule has 0 bridgehead atoms. The molecule has 0 aliphatic rings. The predicted molar refractivity (Wildman–Crippen MR) is 67.3 cm³/mol. The van der Waals surface area contributed by atoms with Gasteiger partial charge in [0.05, 0.1) is 5.56 Å². The first-order valence-electron chi connectivity index (χ1n) is 5.52. The summed E-state index contributed by atoms with van der Waals surface area (Å²) in [7, 11) is 0. The van der Waals surface area contributed by atoms with Crippen LogP contribution < -0.4 is 5.32 Å². The molecule has 0 saturated carbocycles. The second-order valence-corrected chi connectivity index (χ2v) is 4.84. The molecule has 1 rings (SSSR count). The molecule has 2 N–H and O–H groups in total. The summed E-state index contributed by atoms with van der Waals surface area (Å²) in [4.78, 5) is 11.8.